The predicted molar refractivity (Wildman–Crippen MR) is 81.3 cm³/mol. The second kappa shape index (κ2) is 6.73. The van der Waals surface area contributed by atoms with E-state index in [1.54, 1.807) is 0 Å². The predicted octanol–water partition coefficient (Wildman–Crippen LogP) is 4.06. The summed E-state index contributed by atoms with van der Waals surface area (Å²) in [5, 5.41) is 0. The van der Waals surface area contributed by atoms with Crippen LogP contribution in [0.4, 0.5) is 8.78 Å². The van der Waals surface area contributed by atoms with Crippen LogP contribution in [0.25, 0.3) is 0 Å². The van der Waals surface area contributed by atoms with Gasteiger partial charge >= 0.3 is 0 Å². The largest absolute Gasteiger partial charge is 0.487 e. The zero-order valence-electron chi connectivity index (χ0n) is 13.2. The number of alkyl halides is 2. The summed E-state index contributed by atoms with van der Waals surface area (Å²) in [6, 6.07) is 6.27. The van der Waals surface area contributed by atoms with E-state index in [2.05, 4.69) is 19.1 Å². The molecule has 0 aromatic heterocycles. The molecule has 4 heteroatoms. The van der Waals surface area contributed by atoms with Crippen LogP contribution < -0.4 is 4.74 Å². The maximum atomic E-state index is 12.4. The first kappa shape index (κ1) is 16.2. The molecular formula is C17H25F2NO. The van der Waals surface area contributed by atoms with Gasteiger partial charge in [0, 0.05) is 32.4 Å². The summed E-state index contributed by atoms with van der Waals surface area (Å²) >= 11 is 0. The molecule has 2 nitrogen and oxygen atoms in total. The van der Waals surface area contributed by atoms with Gasteiger partial charge in [0.05, 0.1) is 6.54 Å². The second-order valence-electron chi connectivity index (χ2n) is 5.76. The van der Waals surface area contributed by atoms with Crippen LogP contribution in [0.3, 0.4) is 0 Å². The lowest BCUT2D eigenvalue weighted by molar-refractivity contribution is -0.000850. The van der Waals surface area contributed by atoms with Crippen molar-refractivity contribution < 1.29 is 13.5 Å². The highest BCUT2D eigenvalue weighted by molar-refractivity contribution is 5.42. The van der Waals surface area contributed by atoms with E-state index in [9.17, 15) is 8.78 Å². The molecule has 0 N–H and O–H groups in total. The zero-order chi connectivity index (χ0) is 15.5. The number of piperidine rings is 1. The molecule has 1 fully saturated rings. The topological polar surface area (TPSA) is 12.5 Å². The van der Waals surface area contributed by atoms with Crippen molar-refractivity contribution in [1.29, 1.82) is 0 Å². The fourth-order valence-corrected chi connectivity index (χ4v) is 3.18. The summed E-state index contributed by atoms with van der Waals surface area (Å²) in [5.74, 6) is 0.980. The lowest BCUT2D eigenvalue weighted by atomic mass is 9.87. The lowest BCUT2D eigenvalue weighted by Crippen LogP contribution is -2.48. The Morgan fingerprint density at radius 1 is 1.24 bits per heavy atom. The van der Waals surface area contributed by atoms with Crippen LogP contribution in [-0.4, -0.2) is 36.6 Å². The Morgan fingerprint density at radius 2 is 1.90 bits per heavy atom. The van der Waals surface area contributed by atoms with Gasteiger partial charge in [0.1, 0.15) is 11.4 Å². The number of fused-ring (bicyclic) bond motifs is 1. The highest BCUT2D eigenvalue weighted by Crippen LogP contribution is 2.41. The summed E-state index contributed by atoms with van der Waals surface area (Å²) in [6.45, 7) is 7.38. The van der Waals surface area contributed by atoms with Crippen molar-refractivity contribution in [1.82, 2.24) is 4.90 Å². The smallest absolute Gasteiger partial charge is 0.251 e. The van der Waals surface area contributed by atoms with Gasteiger partial charge in [-0.2, -0.15) is 0 Å². The van der Waals surface area contributed by atoms with Crippen molar-refractivity contribution in [3.63, 3.8) is 0 Å². The molecule has 1 aromatic rings. The van der Waals surface area contributed by atoms with E-state index in [1.165, 1.54) is 11.1 Å². The van der Waals surface area contributed by atoms with E-state index >= 15 is 0 Å². The van der Waals surface area contributed by atoms with Gasteiger partial charge in [-0.25, -0.2) is 8.78 Å². The number of hydrogen-bond donors (Lipinski definition) is 0. The average Bonchev–Trinajstić information content (AvgIpc) is 2.81. The number of ether oxygens (including phenoxy) is 1. The fourth-order valence-electron chi connectivity index (χ4n) is 3.18. The minimum atomic E-state index is -2.24. The number of aryl methyl sites for hydroxylation is 1. The van der Waals surface area contributed by atoms with Crippen LogP contribution in [0.1, 0.15) is 37.8 Å². The molecule has 1 aromatic carbocycles. The number of rotatable bonds is 2. The summed E-state index contributed by atoms with van der Waals surface area (Å²) in [7, 11) is 0. The van der Waals surface area contributed by atoms with Gasteiger partial charge in [-0.1, -0.05) is 31.5 Å². The van der Waals surface area contributed by atoms with E-state index in [1.807, 2.05) is 24.8 Å². The van der Waals surface area contributed by atoms with Crippen LogP contribution in [0.5, 0.6) is 5.75 Å². The van der Waals surface area contributed by atoms with Crippen LogP contribution in [0, 0.1) is 6.92 Å². The lowest BCUT2D eigenvalue weighted by Gasteiger charge is -2.38. The molecule has 1 spiro atoms. The molecule has 0 bridgehead atoms. The summed E-state index contributed by atoms with van der Waals surface area (Å²) in [5.41, 5.74) is 2.37. The molecule has 0 amide bonds. The Labute approximate surface area is 126 Å². The Kier molecular flexibility index (Phi) is 5.20. The molecule has 0 atom stereocenters. The van der Waals surface area contributed by atoms with Crippen LogP contribution in [-0.2, 0) is 6.42 Å². The Morgan fingerprint density at radius 3 is 2.52 bits per heavy atom. The number of halogens is 2. The molecular weight excluding hydrogens is 272 g/mol. The van der Waals surface area contributed by atoms with Crippen molar-refractivity contribution in [2.45, 2.75) is 52.1 Å². The quantitative estimate of drug-likeness (QED) is 0.816. The number of nitrogens with zero attached hydrogens (tertiary/aromatic N) is 1. The molecule has 0 unspecified atom stereocenters. The normalized spacial score (nSPS) is 19.9. The van der Waals surface area contributed by atoms with E-state index in [-0.39, 0.29) is 12.1 Å². The highest BCUT2D eigenvalue weighted by atomic mass is 19.3. The highest BCUT2D eigenvalue weighted by Gasteiger charge is 2.42. The van der Waals surface area contributed by atoms with Crippen molar-refractivity contribution in [3.05, 3.63) is 29.3 Å². The summed E-state index contributed by atoms with van der Waals surface area (Å²) in [6.07, 6.45) is 0.367. The van der Waals surface area contributed by atoms with E-state index in [4.69, 9.17) is 4.74 Å². The third-order valence-corrected chi connectivity index (χ3v) is 4.22. The van der Waals surface area contributed by atoms with E-state index < -0.39 is 6.43 Å². The minimum absolute atomic E-state index is 0.109. The molecule has 1 saturated heterocycles. The molecule has 2 heterocycles. The van der Waals surface area contributed by atoms with E-state index in [0.717, 1.165) is 25.0 Å². The minimum Gasteiger partial charge on any atom is -0.487 e. The summed E-state index contributed by atoms with van der Waals surface area (Å²) < 4.78 is 30.9. The molecule has 0 radical (unpaired) electrons. The molecule has 2 aliphatic heterocycles. The maximum Gasteiger partial charge on any atom is 0.251 e. The summed E-state index contributed by atoms with van der Waals surface area (Å²) in [4.78, 5) is 1.84. The van der Waals surface area contributed by atoms with E-state index in [0.29, 0.717) is 13.1 Å². The first-order valence-corrected chi connectivity index (χ1v) is 7.85. The second-order valence-corrected chi connectivity index (χ2v) is 5.76. The Bertz CT molecular complexity index is 468. The van der Waals surface area contributed by atoms with Gasteiger partial charge in [0.2, 0.25) is 0 Å². The number of benzene rings is 1. The Balaban J connectivity index is 0.000000774. The molecule has 2 aliphatic rings. The molecule has 21 heavy (non-hydrogen) atoms. The SMILES string of the molecule is CC.Cc1ccc2c(c1)CC1(CCN(CC(F)F)CC1)O2. The van der Waals surface area contributed by atoms with Crippen molar-refractivity contribution in [3.8, 4) is 5.75 Å². The molecule has 0 saturated carbocycles. The van der Waals surface area contributed by atoms with Gasteiger partial charge in [-0.3, -0.25) is 4.90 Å². The molecule has 118 valence electrons. The average molecular weight is 297 g/mol. The van der Waals surface area contributed by atoms with Crippen LogP contribution in [0.2, 0.25) is 0 Å². The third-order valence-electron chi connectivity index (χ3n) is 4.22. The molecule has 3 rings (SSSR count). The van der Waals surface area contributed by atoms with Gasteiger partial charge in [0.25, 0.3) is 6.43 Å². The number of likely N-dealkylation sites (tertiary alicyclic amines) is 1. The van der Waals surface area contributed by atoms with Gasteiger partial charge in [-0.05, 0) is 18.6 Å². The van der Waals surface area contributed by atoms with Gasteiger partial charge < -0.3 is 4.74 Å². The van der Waals surface area contributed by atoms with Crippen LogP contribution in [0.15, 0.2) is 18.2 Å². The zero-order valence-corrected chi connectivity index (χ0v) is 13.2. The van der Waals surface area contributed by atoms with Crippen molar-refractivity contribution >= 4 is 0 Å². The number of hydrogen-bond acceptors (Lipinski definition) is 2. The van der Waals surface area contributed by atoms with Crippen molar-refractivity contribution in [2.24, 2.45) is 0 Å². The third kappa shape index (κ3) is 3.73. The standard InChI is InChI=1S/C15H19F2NO.C2H6/c1-11-2-3-13-12(8-11)9-15(19-13)4-6-18(7-5-15)10-14(16)17;1-2/h2-3,8,14H,4-7,9-10H2,1H3;1-2H3. The van der Waals surface area contributed by atoms with Gasteiger partial charge in [-0.15, -0.1) is 0 Å². The first-order chi connectivity index (χ1) is 10.1. The van der Waals surface area contributed by atoms with Crippen LogP contribution >= 0.6 is 0 Å². The molecule has 0 aliphatic carbocycles. The first-order valence-electron chi connectivity index (χ1n) is 7.85. The monoisotopic (exact) mass is 297 g/mol. The van der Waals surface area contributed by atoms with Gasteiger partial charge in [0.15, 0.2) is 0 Å². The Hall–Kier alpha value is -1.16. The van der Waals surface area contributed by atoms with Crippen molar-refractivity contribution in [2.75, 3.05) is 19.6 Å². The fraction of sp³-hybridized carbons (Fsp3) is 0.647. The maximum absolute atomic E-state index is 12.4.